The molecule has 2 heterocycles. The van der Waals surface area contributed by atoms with Crippen molar-refractivity contribution in [1.82, 2.24) is 10.2 Å². The van der Waals surface area contributed by atoms with Crippen LogP contribution in [0.5, 0.6) is 0 Å². The summed E-state index contributed by atoms with van der Waals surface area (Å²) in [6, 6.07) is 4.60. The molecule has 1 aromatic rings. The highest BCUT2D eigenvalue weighted by Crippen LogP contribution is 2.35. The SMILES string of the molecule is O=C(Nc1ccccc1C(F)(F)F)N1CC2CCNCC2C1. The lowest BCUT2D eigenvalue weighted by Crippen LogP contribution is -2.36. The van der Waals surface area contributed by atoms with Crippen LogP contribution in [0.15, 0.2) is 24.3 Å². The minimum atomic E-state index is -4.48. The van der Waals surface area contributed by atoms with Crippen molar-refractivity contribution < 1.29 is 18.0 Å². The van der Waals surface area contributed by atoms with E-state index in [2.05, 4.69) is 10.6 Å². The molecule has 0 bridgehead atoms. The van der Waals surface area contributed by atoms with Crippen molar-refractivity contribution >= 4 is 11.7 Å². The fourth-order valence-electron chi connectivity index (χ4n) is 3.27. The van der Waals surface area contributed by atoms with Crippen LogP contribution in [0.1, 0.15) is 12.0 Å². The van der Waals surface area contributed by atoms with Gasteiger partial charge in [0, 0.05) is 13.1 Å². The van der Waals surface area contributed by atoms with Gasteiger partial charge in [0.05, 0.1) is 11.3 Å². The Morgan fingerprint density at radius 2 is 1.95 bits per heavy atom. The number of fused-ring (bicyclic) bond motifs is 1. The van der Waals surface area contributed by atoms with Gasteiger partial charge in [0.2, 0.25) is 0 Å². The fraction of sp³-hybridized carbons (Fsp3) is 0.533. The van der Waals surface area contributed by atoms with Gasteiger partial charge in [-0.1, -0.05) is 12.1 Å². The minimum Gasteiger partial charge on any atom is -0.324 e. The first-order valence-corrected chi connectivity index (χ1v) is 7.38. The van der Waals surface area contributed by atoms with Crippen LogP contribution in [0.3, 0.4) is 0 Å². The molecule has 2 fully saturated rings. The van der Waals surface area contributed by atoms with E-state index in [4.69, 9.17) is 0 Å². The number of carbonyl (C=O) groups is 1. The number of likely N-dealkylation sites (tertiary alicyclic amines) is 1. The topological polar surface area (TPSA) is 44.4 Å². The number of hydrogen-bond acceptors (Lipinski definition) is 2. The van der Waals surface area contributed by atoms with Crippen molar-refractivity contribution in [3.05, 3.63) is 29.8 Å². The quantitative estimate of drug-likeness (QED) is 0.837. The first-order chi connectivity index (χ1) is 10.4. The van der Waals surface area contributed by atoms with E-state index in [1.165, 1.54) is 18.2 Å². The van der Waals surface area contributed by atoms with E-state index in [1.807, 2.05) is 0 Å². The van der Waals surface area contributed by atoms with Crippen molar-refractivity contribution in [1.29, 1.82) is 0 Å². The summed E-state index contributed by atoms with van der Waals surface area (Å²) < 4.78 is 38.8. The van der Waals surface area contributed by atoms with Gasteiger partial charge < -0.3 is 15.5 Å². The first-order valence-electron chi connectivity index (χ1n) is 7.38. The summed E-state index contributed by atoms with van der Waals surface area (Å²) in [7, 11) is 0. The number of piperidine rings is 1. The third kappa shape index (κ3) is 3.04. The zero-order chi connectivity index (χ0) is 15.7. The van der Waals surface area contributed by atoms with Crippen LogP contribution >= 0.6 is 0 Å². The molecule has 0 spiro atoms. The Morgan fingerprint density at radius 1 is 1.23 bits per heavy atom. The zero-order valence-electron chi connectivity index (χ0n) is 12.0. The van der Waals surface area contributed by atoms with Crippen LogP contribution in [0.25, 0.3) is 0 Å². The van der Waals surface area contributed by atoms with E-state index in [0.29, 0.717) is 24.9 Å². The van der Waals surface area contributed by atoms with Crippen LogP contribution in [0.2, 0.25) is 0 Å². The molecule has 0 aliphatic carbocycles. The van der Waals surface area contributed by atoms with E-state index >= 15 is 0 Å². The molecule has 120 valence electrons. The monoisotopic (exact) mass is 313 g/mol. The Labute approximate surface area is 126 Å². The van der Waals surface area contributed by atoms with Gasteiger partial charge in [-0.25, -0.2) is 4.79 Å². The molecule has 2 unspecified atom stereocenters. The minimum absolute atomic E-state index is 0.187. The summed E-state index contributed by atoms with van der Waals surface area (Å²) in [5.41, 5.74) is -1.00. The Balaban J connectivity index is 1.70. The molecular weight excluding hydrogens is 295 g/mol. The predicted octanol–water partition coefficient (Wildman–Crippen LogP) is 2.78. The summed E-state index contributed by atoms with van der Waals surface area (Å²) in [6.45, 7) is 3.02. The third-order valence-corrected chi connectivity index (χ3v) is 4.44. The number of para-hydroxylation sites is 1. The molecule has 2 saturated heterocycles. The lowest BCUT2D eigenvalue weighted by Gasteiger charge is -2.23. The molecular formula is C15H18F3N3O. The average molecular weight is 313 g/mol. The Hall–Kier alpha value is -1.76. The van der Waals surface area contributed by atoms with Crippen LogP contribution < -0.4 is 10.6 Å². The maximum atomic E-state index is 12.9. The van der Waals surface area contributed by atoms with Crippen LogP contribution in [-0.2, 0) is 6.18 Å². The van der Waals surface area contributed by atoms with Gasteiger partial charge in [0.15, 0.2) is 0 Å². The summed E-state index contributed by atoms with van der Waals surface area (Å²) >= 11 is 0. The molecule has 2 atom stereocenters. The number of hydrogen-bond donors (Lipinski definition) is 2. The Kier molecular flexibility index (Phi) is 3.99. The summed E-state index contributed by atoms with van der Waals surface area (Å²) in [5.74, 6) is 0.849. The lowest BCUT2D eigenvalue weighted by molar-refractivity contribution is -0.136. The van der Waals surface area contributed by atoms with Crippen molar-refractivity contribution in [2.24, 2.45) is 11.8 Å². The Morgan fingerprint density at radius 3 is 2.68 bits per heavy atom. The second-order valence-corrected chi connectivity index (χ2v) is 5.89. The molecule has 3 rings (SSSR count). The van der Waals surface area contributed by atoms with Gasteiger partial charge in [-0.2, -0.15) is 13.2 Å². The number of rotatable bonds is 1. The Bertz CT molecular complexity index is 547. The highest BCUT2D eigenvalue weighted by Gasteiger charge is 2.38. The normalized spacial score (nSPS) is 25.0. The van der Waals surface area contributed by atoms with E-state index in [-0.39, 0.29) is 5.69 Å². The summed E-state index contributed by atoms with van der Waals surface area (Å²) in [4.78, 5) is 13.9. The second kappa shape index (κ2) is 5.79. The smallest absolute Gasteiger partial charge is 0.324 e. The number of nitrogens with one attached hydrogen (secondary N) is 2. The molecule has 2 N–H and O–H groups in total. The van der Waals surface area contributed by atoms with Crippen molar-refractivity contribution in [2.45, 2.75) is 12.6 Å². The number of alkyl halides is 3. The van der Waals surface area contributed by atoms with E-state index in [9.17, 15) is 18.0 Å². The van der Waals surface area contributed by atoms with Gasteiger partial charge in [-0.3, -0.25) is 0 Å². The van der Waals surface area contributed by atoms with Crippen LogP contribution in [-0.4, -0.2) is 37.1 Å². The molecule has 1 aromatic carbocycles. The van der Waals surface area contributed by atoms with E-state index in [0.717, 1.165) is 25.6 Å². The molecule has 4 nitrogen and oxygen atoms in total. The number of benzene rings is 1. The van der Waals surface area contributed by atoms with Gasteiger partial charge in [-0.15, -0.1) is 0 Å². The third-order valence-electron chi connectivity index (χ3n) is 4.44. The number of urea groups is 1. The van der Waals surface area contributed by atoms with Gasteiger partial charge in [-0.05, 0) is 43.5 Å². The molecule has 0 aromatic heterocycles. The largest absolute Gasteiger partial charge is 0.418 e. The van der Waals surface area contributed by atoms with E-state index < -0.39 is 17.8 Å². The second-order valence-electron chi connectivity index (χ2n) is 5.89. The van der Waals surface area contributed by atoms with Crippen molar-refractivity contribution in [3.8, 4) is 0 Å². The number of amides is 2. The van der Waals surface area contributed by atoms with Crippen molar-refractivity contribution in [3.63, 3.8) is 0 Å². The molecule has 22 heavy (non-hydrogen) atoms. The molecule has 0 saturated carbocycles. The van der Waals surface area contributed by atoms with Crippen LogP contribution in [0, 0.1) is 11.8 Å². The zero-order valence-corrected chi connectivity index (χ0v) is 12.0. The fourth-order valence-corrected chi connectivity index (χ4v) is 3.27. The number of carbonyl (C=O) groups excluding carboxylic acids is 1. The predicted molar refractivity (Wildman–Crippen MR) is 76.5 cm³/mol. The van der Waals surface area contributed by atoms with E-state index in [1.54, 1.807) is 4.90 Å². The van der Waals surface area contributed by atoms with Crippen molar-refractivity contribution in [2.75, 3.05) is 31.5 Å². The van der Waals surface area contributed by atoms with Gasteiger partial charge >= 0.3 is 12.2 Å². The lowest BCUT2D eigenvalue weighted by atomic mass is 9.90. The maximum Gasteiger partial charge on any atom is 0.418 e. The maximum absolute atomic E-state index is 12.9. The summed E-state index contributed by atoms with van der Waals surface area (Å²) in [6.07, 6.45) is -3.47. The van der Waals surface area contributed by atoms with Crippen LogP contribution in [0.4, 0.5) is 23.7 Å². The molecule has 2 amide bonds. The van der Waals surface area contributed by atoms with Gasteiger partial charge in [0.25, 0.3) is 0 Å². The molecule has 0 radical (unpaired) electrons. The number of anilines is 1. The van der Waals surface area contributed by atoms with Gasteiger partial charge in [0.1, 0.15) is 0 Å². The molecule has 2 aliphatic heterocycles. The first kappa shape index (κ1) is 15.1. The average Bonchev–Trinajstić information content (AvgIpc) is 2.90. The summed E-state index contributed by atoms with van der Waals surface area (Å²) in [5, 5.41) is 5.70. The highest BCUT2D eigenvalue weighted by atomic mass is 19.4. The number of nitrogens with zero attached hydrogens (tertiary/aromatic N) is 1. The standard InChI is InChI=1S/C15H18F3N3O/c16-15(17,18)12-3-1-2-4-13(12)20-14(22)21-8-10-5-6-19-7-11(10)9-21/h1-4,10-11,19H,5-9H2,(H,20,22). The molecule has 2 aliphatic rings. The molecule has 7 heteroatoms. The number of halogens is 3. The highest BCUT2D eigenvalue weighted by molar-refractivity contribution is 5.90.